The first-order valence-corrected chi connectivity index (χ1v) is 10.7. The van der Waals surface area contributed by atoms with Crippen LogP contribution in [0.25, 0.3) is 11.1 Å². The van der Waals surface area contributed by atoms with Gasteiger partial charge in [0.2, 0.25) is 5.91 Å². The Bertz CT molecular complexity index is 1030. The Balaban J connectivity index is 1.39. The molecule has 2 heterocycles. The summed E-state index contributed by atoms with van der Waals surface area (Å²) < 4.78 is 20.2. The number of ether oxygens (including phenoxy) is 1. The molecule has 0 aromatic heterocycles. The van der Waals surface area contributed by atoms with E-state index in [1.807, 2.05) is 24.3 Å². The van der Waals surface area contributed by atoms with Gasteiger partial charge in [0, 0.05) is 31.6 Å². The number of hydrogen-bond donors (Lipinski definition) is 1. The third kappa shape index (κ3) is 4.80. The largest absolute Gasteiger partial charge is 0.444 e. The lowest BCUT2D eigenvalue weighted by Crippen LogP contribution is -2.51. The lowest BCUT2D eigenvalue weighted by atomic mass is 9.98. The number of primary amides is 1. The third-order valence-corrected chi connectivity index (χ3v) is 5.99. The molecule has 1 atom stereocenters. The van der Waals surface area contributed by atoms with Gasteiger partial charge >= 0.3 is 6.09 Å². The summed E-state index contributed by atoms with van der Waals surface area (Å²) in [5, 5.41) is 0. The van der Waals surface area contributed by atoms with Crippen LogP contribution in [-0.4, -0.2) is 48.4 Å². The maximum atomic E-state index is 14.9. The minimum Gasteiger partial charge on any atom is -0.444 e. The highest BCUT2D eigenvalue weighted by molar-refractivity contribution is 5.90. The zero-order chi connectivity index (χ0) is 22.8. The average Bonchev–Trinajstić information content (AvgIpc) is 3.09. The normalized spacial score (nSPS) is 19.0. The Morgan fingerprint density at radius 1 is 1.12 bits per heavy atom. The van der Waals surface area contributed by atoms with Crippen molar-refractivity contribution in [2.24, 2.45) is 11.7 Å². The Hall–Kier alpha value is -3.26. The van der Waals surface area contributed by atoms with E-state index in [9.17, 15) is 18.8 Å². The van der Waals surface area contributed by atoms with E-state index in [-0.39, 0.29) is 23.7 Å². The lowest BCUT2D eigenvalue weighted by molar-refractivity contribution is -0.127. The first-order valence-electron chi connectivity index (χ1n) is 10.7. The summed E-state index contributed by atoms with van der Waals surface area (Å²) in [7, 11) is 0. The third-order valence-electron chi connectivity index (χ3n) is 5.99. The molecular weight excluding hydrogens is 413 g/mol. The highest BCUT2D eigenvalue weighted by Crippen LogP contribution is 2.30. The predicted octanol–water partition coefficient (Wildman–Crippen LogP) is 3.10. The van der Waals surface area contributed by atoms with Crippen molar-refractivity contribution in [3.05, 3.63) is 53.8 Å². The summed E-state index contributed by atoms with van der Waals surface area (Å²) in [6.45, 7) is 3.85. The van der Waals surface area contributed by atoms with Crippen LogP contribution in [0.5, 0.6) is 0 Å². The van der Waals surface area contributed by atoms with E-state index in [0.29, 0.717) is 50.3 Å². The van der Waals surface area contributed by atoms with Crippen LogP contribution in [0, 0.1) is 11.7 Å². The molecule has 0 radical (unpaired) electrons. The number of benzene rings is 2. The second kappa shape index (κ2) is 9.08. The molecule has 2 amide bonds. The van der Waals surface area contributed by atoms with Gasteiger partial charge in [0.15, 0.2) is 0 Å². The van der Waals surface area contributed by atoms with Crippen LogP contribution in [0.15, 0.2) is 42.5 Å². The van der Waals surface area contributed by atoms with Crippen molar-refractivity contribution in [1.82, 2.24) is 4.90 Å². The van der Waals surface area contributed by atoms with Crippen molar-refractivity contribution in [3.8, 4) is 11.1 Å². The highest BCUT2D eigenvalue weighted by atomic mass is 19.1. The Morgan fingerprint density at radius 2 is 1.84 bits per heavy atom. The van der Waals surface area contributed by atoms with Gasteiger partial charge in [-0.1, -0.05) is 24.3 Å². The van der Waals surface area contributed by atoms with Crippen LogP contribution in [-0.2, 0) is 20.9 Å². The van der Waals surface area contributed by atoms with Crippen molar-refractivity contribution >= 4 is 23.5 Å². The molecule has 4 rings (SSSR count). The molecule has 7 nitrogen and oxygen atoms in total. The summed E-state index contributed by atoms with van der Waals surface area (Å²) in [6, 6.07) is 12.3. The number of anilines is 1. The minimum atomic E-state index is -0.528. The number of cyclic esters (lactones) is 1. The fraction of sp³-hybridized carbons (Fsp3) is 0.375. The van der Waals surface area contributed by atoms with Crippen LogP contribution in [0.1, 0.15) is 25.3 Å². The number of likely N-dealkylation sites (tertiary alicyclic amines) is 1. The number of halogens is 1. The topological polar surface area (TPSA) is 92.9 Å². The molecule has 0 spiro atoms. The molecule has 2 fully saturated rings. The van der Waals surface area contributed by atoms with E-state index < -0.39 is 11.9 Å². The van der Waals surface area contributed by atoms with Crippen molar-refractivity contribution < 1.29 is 23.5 Å². The first-order chi connectivity index (χ1) is 15.3. The average molecular weight is 439 g/mol. The van der Waals surface area contributed by atoms with Crippen molar-refractivity contribution in [2.75, 3.05) is 24.5 Å². The lowest BCUT2D eigenvalue weighted by Gasteiger charge is -2.37. The van der Waals surface area contributed by atoms with E-state index in [1.54, 1.807) is 12.1 Å². The molecular formula is C24H26FN3O4. The SMILES string of the molecule is CC(=O)CC[C@H]1CN(c2ccc(-c3ccc(CN4CC(C(N)=O)C4)cc3)c(F)c2)C(=O)O1. The molecule has 0 bridgehead atoms. The number of amides is 2. The molecule has 2 aromatic carbocycles. The molecule has 0 saturated carbocycles. The number of carbonyl (C=O) groups is 3. The molecule has 0 aliphatic carbocycles. The number of carbonyl (C=O) groups excluding carboxylic acids is 3. The van der Waals surface area contributed by atoms with Gasteiger partial charge in [-0.25, -0.2) is 9.18 Å². The standard InChI is InChI=1S/C24H26FN3O4/c1-15(29)2-8-20-14-28(24(31)32-20)19-7-9-21(22(25)10-19)17-5-3-16(4-6-17)11-27-12-18(13-27)23(26)30/h3-7,9-10,18,20H,2,8,11-14H2,1H3,(H2,26,30)/t20-/m0/s1. The molecule has 2 saturated heterocycles. The number of rotatable bonds is 8. The fourth-order valence-electron chi connectivity index (χ4n) is 4.08. The molecule has 32 heavy (non-hydrogen) atoms. The number of ketones is 1. The maximum absolute atomic E-state index is 14.9. The van der Waals surface area contributed by atoms with Crippen molar-refractivity contribution in [1.29, 1.82) is 0 Å². The second-order valence-corrected chi connectivity index (χ2v) is 8.51. The van der Waals surface area contributed by atoms with Gasteiger partial charge in [0.25, 0.3) is 0 Å². The van der Waals surface area contributed by atoms with Gasteiger partial charge in [-0.15, -0.1) is 0 Å². The number of nitrogens with two attached hydrogens (primary N) is 1. The highest BCUT2D eigenvalue weighted by Gasteiger charge is 2.33. The van der Waals surface area contributed by atoms with E-state index in [0.717, 1.165) is 11.1 Å². The van der Waals surface area contributed by atoms with E-state index in [1.165, 1.54) is 17.9 Å². The fourth-order valence-corrected chi connectivity index (χ4v) is 4.08. The van der Waals surface area contributed by atoms with Gasteiger partial charge < -0.3 is 15.3 Å². The first kappa shape index (κ1) is 22.0. The number of hydrogen-bond acceptors (Lipinski definition) is 5. The second-order valence-electron chi connectivity index (χ2n) is 8.51. The quantitative estimate of drug-likeness (QED) is 0.682. The van der Waals surface area contributed by atoms with Gasteiger partial charge in [0.05, 0.1) is 18.2 Å². The zero-order valence-corrected chi connectivity index (χ0v) is 17.9. The Labute approximate surface area is 185 Å². The van der Waals surface area contributed by atoms with Gasteiger partial charge in [-0.2, -0.15) is 0 Å². The van der Waals surface area contributed by atoms with Crippen LogP contribution in [0.4, 0.5) is 14.9 Å². The molecule has 2 aromatic rings. The van der Waals surface area contributed by atoms with Crippen LogP contribution in [0.3, 0.4) is 0 Å². The number of Topliss-reactive ketones (excluding diaryl/α,β-unsaturated/α-hetero) is 1. The summed E-state index contributed by atoms with van der Waals surface area (Å²) in [5.41, 5.74) is 7.98. The van der Waals surface area contributed by atoms with E-state index in [4.69, 9.17) is 10.5 Å². The zero-order valence-electron chi connectivity index (χ0n) is 17.9. The molecule has 2 N–H and O–H groups in total. The summed E-state index contributed by atoms with van der Waals surface area (Å²) in [4.78, 5) is 38.0. The smallest absolute Gasteiger partial charge is 0.414 e. The molecule has 168 valence electrons. The predicted molar refractivity (Wildman–Crippen MR) is 117 cm³/mol. The van der Waals surface area contributed by atoms with E-state index in [2.05, 4.69) is 4.90 Å². The summed E-state index contributed by atoms with van der Waals surface area (Å²) in [5.74, 6) is -0.716. The molecule has 8 heteroatoms. The molecule has 2 aliphatic rings. The van der Waals surface area contributed by atoms with E-state index >= 15 is 0 Å². The monoisotopic (exact) mass is 439 g/mol. The van der Waals surface area contributed by atoms with Crippen LogP contribution in [0.2, 0.25) is 0 Å². The Kier molecular flexibility index (Phi) is 6.23. The maximum Gasteiger partial charge on any atom is 0.414 e. The summed E-state index contributed by atoms with van der Waals surface area (Å²) >= 11 is 0. The van der Waals surface area contributed by atoms with Gasteiger partial charge in [0.1, 0.15) is 17.7 Å². The number of nitrogens with zero attached hydrogens (tertiary/aromatic N) is 2. The van der Waals surface area contributed by atoms with Gasteiger partial charge in [-0.05, 0) is 42.7 Å². The van der Waals surface area contributed by atoms with Crippen molar-refractivity contribution in [3.63, 3.8) is 0 Å². The van der Waals surface area contributed by atoms with Gasteiger partial charge in [-0.3, -0.25) is 14.6 Å². The summed E-state index contributed by atoms with van der Waals surface area (Å²) in [6.07, 6.45) is -0.0881. The van der Waals surface area contributed by atoms with Crippen LogP contribution >= 0.6 is 0 Å². The van der Waals surface area contributed by atoms with Crippen LogP contribution < -0.4 is 10.6 Å². The molecule has 0 unspecified atom stereocenters. The van der Waals surface area contributed by atoms with Crippen molar-refractivity contribution in [2.45, 2.75) is 32.4 Å². The Morgan fingerprint density at radius 3 is 2.47 bits per heavy atom. The minimum absolute atomic E-state index is 0.0423. The molecule has 2 aliphatic heterocycles.